The van der Waals surface area contributed by atoms with Gasteiger partial charge in [-0.3, -0.25) is 0 Å². The predicted octanol–water partition coefficient (Wildman–Crippen LogP) is 4.59. The quantitative estimate of drug-likeness (QED) is 0.685. The number of hydrogen-bond donors (Lipinski definition) is 1. The van der Waals surface area contributed by atoms with Gasteiger partial charge in [-0.2, -0.15) is 0 Å². The number of rotatable bonds is 6. The molecule has 0 radical (unpaired) electrons. The van der Waals surface area contributed by atoms with Crippen LogP contribution in [0.2, 0.25) is 0 Å². The van der Waals surface area contributed by atoms with Crippen LogP contribution in [0.25, 0.3) is 0 Å². The van der Waals surface area contributed by atoms with Crippen molar-refractivity contribution in [1.29, 1.82) is 0 Å². The first-order chi connectivity index (χ1) is 13.8. The average molecular weight is 375 g/mol. The fourth-order valence-electron chi connectivity index (χ4n) is 3.73. The minimum Gasteiger partial charge on any atom is -0.493 e. The Morgan fingerprint density at radius 1 is 0.964 bits per heavy atom. The van der Waals surface area contributed by atoms with Gasteiger partial charge in [0.25, 0.3) is 0 Å². The van der Waals surface area contributed by atoms with Gasteiger partial charge in [0.15, 0.2) is 11.5 Å². The molecule has 3 aromatic carbocycles. The Bertz CT molecular complexity index is 912. The molecule has 0 unspecified atom stereocenters. The van der Waals surface area contributed by atoms with E-state index in [9.17, 15) is 0 Å². The summed E-state index contributed by atoms with van der Waals surface area (Å²) in [6.07, 6.45) is 0.490. The van der Waals surface area contributed by atoms with Gasteiger partial charge in [0.1, 0.15) is 6.61 Å². The van der Waals surface area contributed by atoms with Crippen LogP contribution in [-0.2, 0) is 17.8 Å². The van der Waals surface area contributed by atoms with E-state index in [0.717, 1.165) is 40.2 Å². The maximum Gasteiger partial charge on any atom is 0.165 e. The number of nitrogens with two attached hydrogens (primary N) is 1. The van der Waals surface area contributed by atoms with Crippen molar-refractivity contribution in [2.75, 3.05) is 13.7 Å². The van der Waals surface area contributed by atoms with Crippen molar-refractivity contribution in [1.82, 2.24) is 0 Å². The molecule has 3 aromatic rings. The summed E-state index contributed by atoms with van der Waals surface area (Å²) in [5, 5.41) is 0. The van der Waals surface area contributed by atoms with Crippen LogP contribution in [0.15, 0.2) is 72.8 Å². The Hall–Kier alpha value is -2.82. The molecule has 0 saturated carbocycles. The zero-order chi connectivity index (χ0) is 19.3. The predicted molar refractivity (Wildman–Crippen MR) is 110 cm³/mol. The molecule has 0 saturated heterocycles. The molecular formula is C24H25NO3. The van der Waals surface area contributed by atoms with E-state index in [4.69, 9.17) is 19.9 Å². The topological polar surface area (TPSA) is 53.7 Å². The van der Waals surface area contributed by atoms with Crippen LogP contribution in [0.5, 0.6) is 11.5 Å². The molecule has 0 bridgehead atoms. The number of hydrogen-bond acceptors (Lipinski definition) is 4. The SMILES string of the molecule is COc1ccc2c(c1OCc1ccccc1)C[C@@H](c1ccccc1)O[C@H]2CN. The number of methoxy groups -OCH3 is 1. The fraction of sp³-hybridized carbons (Fsp3) is 0.250. The van der Waals surface area contributed by atoms with E-state index < -0.39 is 0 Å². The van der Waals surface area contributed by atoms with Crippen molar-refractivity contribution in [3.8, 4) is 11.5 Å². The Kier molecular flexibility index (Phi) is 5.60. The lowest BCUT2D eigenvalue weighted by Crippen LogP contribution is -2.26. The molecule has 4 rings (SSSR count). The Balaban J connectivity index is 1.70. The first-order valence-electron chi connectivity index (χ1n) is 9.57. The molecule has 2 N–H and O–H groups in total. The van der Waals surface area contributed by atoms with Gasteiger partial charge in [0.2, 0.25) is 0 Å². The fourth-order valence-corrected chi connectivity index (χ4v) is 3.73. The zero-order valence-electron chi connectivity index (χ0n) is 16.0. The number of benzene rings is 3. The van der Waals surface area contributed by atoms with Gasteiger partial charge < -0.3 is 19.9 Å². The van der Waals surface area contributed by atoms with Crippen molar-refractivity contribution >= 4 is 0 Å². The summed E-state index contributed by atoms with van der Waals surface area (Å²) in [5.74, 6) is 1.52. The van der Waals surface area contributed by atoms with E-state index in [2.05, 4.69) is 24.3 Å². The second kappa shape index (κ2) is 8.46. The molecule has 1 heterocycles. The molecule has 0 spiro atoms. The summed E-state index contributed by atoms with van der Waals surface area (Å²) in [6, 6.07) is 24.4. The van der Waals surface area contributed by atoms with E-state index in [1.807, 2.05) is 48.5 Å². The Morgan fingerprint density at radius 3 is 2.36 bits per heavy atom. The first-order valence-corrected chi connectivity index (χ1v) is 9.57. The van der Waals surface area contributed by atoms with E-state index in [0.29, 0.717) is 13.2 Å². The number of fused-ring (bicyclic) bond motifs is 1. The third-order valence-corrected chi connectivity index (χ3v) is 5.16. The van der Waals surface area contributed by atoms with Crippen molar-refractivity contribution < 1.29 is 14.2 Å². The molecule has 4 heteroatoms. The van der Waals surface area contributed by atoms with Gasteiger partial charge in [-0.1, -0.05) is 66.7 Å². The Morgan fingerprint density at radius 2 is 1.68 bits per heavy atom. The molecule has 0 amide bonds. The summed E-state index contributed by atoms with van der Waals surface area (Å²) < 4.78 is 18.2. The van der Waals surface area contributed by atoms with Gasteiger partial charge in [0.05, 0.1) is 19.3 Å². The van der Waals surface area contributed by atoms with Gasteiger partial charge in [-0.05, 0) is 22.8 Å². The minimum atomic E-state index is -0.168. The second-order valence-corrected chi connectivity index (χ2v) is 6.90. The zero-order valence-corrected chi connectivity index (χ0v) is 16.0. The third-order valence-electron chi connectivity index (χ3n) is 5.16. The molecule has 28 heavy (non-hydrogen) atoms. The molecule has 2 atom stereocenters. The van der Waals surface area contributed by atoms with Crippen molar-refractivity contribution in [3.63, 3.8) is 0 Å². The van der Waals surface area contributed by atoms with Crippen LogP contribution in [0.1, 0.15) is 34.5 Å². The lowest BCUT2D eigenvalue weighted by atomic mass is 9.90. The average Bonchev–Trinajstić information content (AvgIpc) is 2.77. The van der Waals surface area contributed by atoms with Gasteiger partial charge >= 0.3 is 0 Å². The summed E-state index contributed by atoms with van der Waals surface area (Å²) in [4.78, 5) is 0. The highest BCUT2D eigenvalue weighted by molar-refractivity contribution is 5.53. The first kappa shape index (κ1) is 18.5. The van der Waals surface area contributed by atoms with Crippen LogP contribution in [-0.4, -0.2) is 13.7 Å². The maximum absolute atomic E-state index is 6.32. The molecule has 0 fully saturated rings. The maximum atomic E-state index is 6.32. The van der Waals surface area contributed by atoms with E-state index >= 15 is 0 Å². The van der Waals surface area contributed by atoms with Gasteiger partial charge in [0, 0.05) is 18.5 Å². The Labute approximate surface area is 165 Å². The van der Waals surface area contributed by atoms with Gasteiger partial charge in [-0.25, -0.2) is 0 Å². The molecule has 1 aliphatic heterocycles. The van der Waals surface area contributed by atoms with Crippen LogP contribution in [0.4, 0.5) is 0 Å². The number of ether oxygens (including phenoxy) is 3. The van der Waals surface area contributed by atoms with Crippen LogP contribution in [0, 0.1) is 0 Å². The largest absolute Gasteiger partial charge is 0.493 e. The van der Waals surface area contributed by atoms with Crippen molar-refractivity contribution in [2.45, 2.75) is 25.2 Å². The second-order valence-electron chi connectivity index (χ2n) is 6.90. The highest BCUT2D eigenvalue weighted by Crippen LogP contribution is 2.44. The van der Waals surface area contributed by atoms with Crippen molar-refractivity contribution in [3.05, 3.63) is 95.1 Å². The highest BCUT2D eigenvalue weighted by Gasteiger charge is 2.31. The van der Waals surface area contributed by atoms with Crippen LogP contribution in [0.3, 0.4) is 0 Å². The monoisotopic (exact) mass is 375 g/mol. The smallest absolute Gasteiger partial charge is 0.165 e. The summed E-state index contributed by atoms with van der Waals surface area (Å²) >= 11 is 0. The van der Waals surface area contributed by atoms with Gasteiger partial charge in [-0.15, -0.1) is 0 Å². The molecule has 144 valence electrons. The molecule has 0 aliphatic carbocycles. The minimum absolute atomic E-state index is 0.0616. The third kappa shape index (κ3) is 3.75. The standard InChI is InChI=1S/C24H25NO3/c1-26-21-13-12-19-20(24(21)27-16-17-8-4-2-5-9-17)14-22(28-23(19)15-25)18-10-6-3-7-11-18/h2-13,22-23H,14-16,25H2,1H3/t22-,23-/m0/s1. The van der Waals surface area contributed by atoms with Crippen LogP contribution >= 0.6 is 0 Å². The van der Waals surface area contributed by atoms with E-state index in [1.54, 1.807) is 7.11 Å². The summed E-state index contributed by atoms with van der Waals surface area (Å²) in [7, 11) is 1.67. The summed E-state index contributed by atoms with van der Waals surface area (Å²) in [6.45, 7) is 0.901. The van der Waals surface area contributed by atoms with E-state index in [-0.39, 0.29) is 12.2 Å². The molecule has 0 aromatic heterocycles. The lowest BCUT2D eigenvalue weighted by molar-refractivity contribution is -0.0232. The van der Waals surface area contributed by atoms with Crippen LogP contribution < -0.4 is 15.2 Å². The molecule has 1 aliphatic rings. The highest BCUT2D eigenvalue weighted by atomic mass is 16.5. The lowest BCUT2D eigenvalue weighted by Gasteiger charge is -2.33. The normalized spacial score (nSPS) is 18.4. The molecular weight excluding hydrogens is 350 g/mol. The summed E-state index contributed by atoms with van der Waals surface area (Å²) in [5.41, 5.74) is 10.5. The van der Waals surface area contributed by atoms with Crippen molar-refractivity contribution in [2.24, 2.45) is 5.73 Å². The van der Waals surface area contributed by atoms with E-state index in [1.165, 1.54) is 0 Å². The molecule has 4 nitrogen and oxygen atoms in total.